The van der Waals surface area contributed by atoms with Crippen LogP contribution in [-0.4, -0.2) is 26.8 Å². The summed E-state index contributed by atoms with van der Waals surface area (Å²) in [5.74, 6) is 1.21. The second kappa shape index (κ2) is 7.79. The molecule has 0 unspecified atom stereocenters. The Labute approximate surface area is 157 Å². The van der Waals surface area contributed by atoms with Gasteiger partial charge < -0.3 is 9.84 Å². The molecule has 0 fully saturated rings. The Morgan fingerprint density at radius 1 is 1.28 bits per heavy atom. The monoisotopic (exact) mass is 418 g/mol. The second-order valence-electron chi connectivity index (χ2n) is 5.33. The predicted octanol–water partition coefficient (Wildman–Crippen LogP) is 4.24. The molecule has 0 aliphatic carbocycles. The zero-order valence-corrected chi connectivity index (χ0v) is 16.0. The van der Waals surface area contributed by atoms with Gasteiger partial charge in [-0.15, -0.1) is 0 Å². The molecule has 0 radical (unpaired) electrons. The van der Waals surface area contributed by atoms with Crippen LogP contribution in [0.25, 0.3) is 11.5 Å². The highest BCUT2D eigenvalue weighted by Gasteiger charge is 2.09. The zero-order chi connectivity index (χ0) is 17.8. The van der Waals surface area contributed by atoms with Gasteiger partial charge in [-0.1, -0.05) is 32.8 Å². The van der Waals surface area contributed by atoms with Crippen LogP contribution in [0.5, 0.6) is 0 Å². The highest BCUT2D eigenvalue weighted by Crippen LogP contribution is 2.22. The van der Waals surface area contributed by atoms with Gasteiger partial charge in [0.2, 0.25) is 5.91 Å². The largest absolute Gasteiger partial charge is 0.334 e. The van der Waals surface area contributed by atoms with Crippen molar-refractivity contribution in [3.8, 4) is 11.5 Å². The first kappa shape index (κ1) is 17.6. The Balaban J connectivity index is 1.55. The van der Waals surface area contributed by atoms with Crippen molar-refractivity contribution in [1.82, 2.24) is 15.1 Å². The number of carbonyl (C=O) groups excluding carboxylic acids is 1. The Kier molecular flexibility index (Phi) is 5.50. The van der Waals surface area contributed by atoms with Crippen LogP contribution in [-0.2, 0) is 4.79 Å². The second-order valence-corrected chi connectivity index (χ2v) is 7.18. The third-order valence-electron chi connectivity index (χ3n) is 3.30. The summed E-state index contributed by atoms with van der Waals surface area (Å²) in [6.07, 6.45) is 1.66. The van der Waals surface area contributed by atoms with E-state index in [2.05, 4.69) is 36.4 Å². The molecule has 6 nitrogen and oxygen atoms in total. The SMILES string of the molecule is Cc1noc(-c2ccc(SCC(=O)Nc3ccc(Br)c(C)c3)nc2)n1. The minimum atomic E-state index is -0.0786. The molecule has 1 aromatic carbocycles. The number of hydrogen-bond acceptors (Lipinski definition) is 6. The smallest absolute Gasteiger partial charge is 0.259 e. The van der Waals surface area contributed by atoms with Crippen molar-refractivity contribution in [3.63, 3.8) is 0 Å². The predicted molar refractivity (Wildman–Crippen MR) is 100 cm³/mol. The topological polar surface area (TPSA) is 80.9 Å². The molecule has 8 heteroatoms. The summed E-state index contributed by atoms with van der Waals surface area (Å²) in [6, 6.07) is 9.37. The van der Waals surface area contributed by atoms with E-state index in [1.807, 2.05) is 37.3 Å². The molecule has 0 spiro atoms. The lowest BCUT2D eigenvalue weighted by Crippen LogP contribution is -2.14. The molecule has 0 saturated carbocycles. The molecule has 2 heterocycles. The lowest BCUT2D eigenvalue weighted by Gasteiger charge is -2.07. The van der Waals surface area contributed by atoms with E-state index >= 15 is 0 Å². The zero-order valence-electron chi connectivity index (χ0n) is 13.6. The van der Waals surface area contributed by atoms with Crippen molar-refractivity contribution in [1.29, 1.82) is 0 Å². The van der Waals surface area contributed by atoms with E-state index in [0.29, 0.717) is 11.7 Å². The molecule has 0 bridgehead atoms. The summed E-state index contributed by atoms with van der Waals surface area (Å²) in [5, 5.41) is 7.38. The van der Waals surface area contributed by atoms with E-state index in [9.17, 15) is 4.79 Å². The fourth-order valence-electron chi connectivity index (χ4n) is 2.07. The normalized spacial score (nSPS) is 10.7. The number of halogens is 1. The number of nitrogens with zero attached hydrogens (tertiary/aromatic N) is 3. The number of benzene rings is 1. The summed E-state index contributed by atoms with van der Waals surface area (Å²) >= 11 is 4.81. The third-order valence-corrected chi connectivity index (χ3v) is 5.14. The number of aryl methyl sites for hydroxylation is 2. The van der Waals surface area contributed by atoms with E-state index in [4.69, 9.17) is 4.52 Å². The molecule has 3 rings (SSSR count). The van der Waals surface area contributed by atoms with Gasteiger partial charge in [-0.3, -0.25) is 4.79 Å². The third kappa shape index (κ3) is 4.67. The number of hydrogen-bond donors (Lipinski definition) is 1. The summed E-state index contributed by atoms with van der Waals surface area (Å²) in [4.78, 5) is 20.5. The maximum absolute atomic E-state index is 12.1. The first-order valence-corrected chi connectivity index (χ1v) is 9.24. The standard InChI is InChI=1S/C17H15BrN4O2S/c1-10-7-13(4-5-14(10)18)21-15(23)9-25-16-6-3-12(8-19-16)17-20-11(2)22-24-17/h3-8H,9H2,1-2H3,(H,21,23). The average molecular weight is 419 g/mol. The Hall–Kier alpha value is -2.19. The van der Waals surface area contributed by atoms with Gasteiger partial charge in [-0.05, 0) is 49.7 Å². The number of pyridine rings is 1. The van der Waals surface area contributed by atoms with E-state index in [1.165, 1.54) is 11.8 Å². The van der Waals surface area contributed by atoms with Gasteiger partial charge in [-0.2, -0.15) is 4.98 Å². The van der Waals surface area contributed by atoms with Crippen LogP contribution in [0.1, 0.15) is 11.4 Å². The Bertz CT molecular complexity index is 896. The molecule has 0 saturated heterocycles. The van der Waals surface area contributed by atoms with Crippen molar-refractivity contribution in [3.05, 3.63) is 52.4 Å². The highest BCUT2D eigenvalue weighted by molar-refractivity contribution is 9.10. The van der Waals surface area contributed by atoms with Crippen molar-refractivity contribution >= 4 is 39.3 Å². The molecule has 25 heavy (non-hydrogen) atoms. The summed E-state index contributed by atoms with van der Waals surface area (Å²) in [7, 11) is 0. The maximum Gasteiger partial charge on any atom is 0.259 e. The van der Waals surface area contributed by atoms with Crippen LogP contribution in [0.2, 0.25) is 0 Å². The lowest BCUT2D eigenvalue weighted by atomic mass is 10.2. The van der Waals surface area contributed by atoms with Crippen molar-refractivity contribution in [2.45, 2.75) is 18.9 Å². The highest BCUT2D eigenvalue weighted by atomic mass is 79.9. The number of anilines is 1. The first-order valence-electron chi connectivity index (χ1n) is 7.47. The number of rotatable bonds is 5. The molecule has 2 aromatic heterocycles. The molecular weight excluding hydrogens is 404 g/mol. The van der Waals surface area contributed by atoms with Gasteiger partial charge in [0.05, 0.1) is 16.3 Å². The van der Waals surface area contributed by atoms with Gasteiger partial charge in [0.1, 0.15) is 0 Å². The molecule has 1 N–H and O–H groups in total. The van der Waals surface area contributed by atoms with Gasteiger partial charge >= 0.3 is 0 Å². The first-order chi connectivity index (χ1) is 12.0. The van der Waals surface area contributed by atoms with E-state index < -0.39 is 0 Å². The molecule has 0 atom stereocenters. The summed E-state index contributed by atoms with van der Waals surface area (Å²) in [6.45, 7) is 3.74. The van der Waals surface area contributed by atoms with Crippen molar-refractivity contribution < 1.29 is 9.32 Å². The van der Waals surface area contributed by atoms with Crippen LogP contribution in [0.15, 0.2) is 50.6 Å². The van der Waals surface area contributed by atoms with Crippen LogP contribution < -0.4 is 5.32 Å². The van der Waals surface area contributed by atoms with Gasteiger partial charge in [0.25, 0.3) is 5.89 Å². The Morgan fingerprint density at radius 3 is 2.76 bits per heavy atom. The minimum absolute atomic E-state index is 0.0786. The fraction of sp³-hybridized carbons (Fsp3) is 0.176. The van der Waals surface area contributed by atoms with Gasteiger partial charge in [-0.25, -0.2) is 4.98 Å². The van der Waals surface area contributed by atoms with Crippen molar-refractivity contribution in [2.75, 3.05) is 11.1 Å². The molecule has 0 aliphatic rings. The molecule has 1 amide bonds. The number of carbonyl (C=O) groups is 1. The fourth-order valence-corrected chi connectivity index (χ4v) is 2.95. The van der Waals surface area contributed by atoms with Crippen LogP contribution in [0.4, 0.5) is 5.69 Å². The van der Waals surface area contributed by atoms with E-state index in [0.717, 1.165) is 26.3 Å². The number of aromatic nitrogens is 3. The lowest BCUT2D eigenvalue weighted by molar-refractivity contribution is -0.113. The number of thioether (sulfide) groups is 1. The van der Waals surface area contributed by atoms with E-state index in [1.54, 1.807) is 13.1 Å². The summed E-state index contributed by atoms with van der Waals surface area (Å²) in [5.41, 5.74) is 2.60. The quantitative estimate of drug-likeness (QED) is 0.623. The van der Waals surface area contributed by atoms with Gasteiger partial charge in [0, 0.05) is 16.4 Å². The molecule has 128 valence electrons. The number of nitrogens with one attached hydrogen (secondary N) is 1. The van der Waals surface area contributed by atoms with Crippen LogP contribution in [0.3, 0.4) is 0 Å². The average Bonchev–Trinajstić information content (AvgIpc) is 3.03. The Morgan fingerprint density at radius 2 is 2.12 bits per heavy atom. The number of amides is 1. The molecular formula is C17H15BrN4O2S. The van der Waals surface area contributed by atoms with Crippen LogP contribution in [0, 0.1) is 13.8 Å². The maximum atomic E-state index is 12.1. The van der Waals surface area contributed by atoms with E-state index in [-0.39, 0.29) is 11.7 Å². The molecule has 3 aromatic rings. The minimum Gasteiger partial charge on any atom is -0.334 e. The van der Waals surface area contributed by atoms with Crippen molar-refractivity contribution in [2.24, 2.45) is 0 Å². The summed E-state index contributed by atoms with van der Waals surface area (Å²) < 4.78 is 6.11. The van der Waals surface area contributed by atoms with Crippen LogP contribution >= 0.6 is 27.7 Å². The van der Waals surface area contributed by atoms with Gasteiger partial charge in [0.15, 0.2) is 5.82 Å². The molecule has 0 aliphatic heterocycles.